The van der Waals surface area contributed by atoms with Gasteiger partial charge in [-0.2, -0.15) is 0 Å². The minimum atomic E-state index is 0.917. The van der Waals surface area contributed by atoms with Gasteiger partial charge in [-0.1, -0.05) is 110 Å². The molecule has 0 fully saturated rings. The van der Waals surface area contributed by atoms with Crippen LogP contribution >= 0.6 is 0 Å². The molecule has 33 heavy (non-hydrogen) atoms. The van der Waals surface area contributed by atoms with Crippen molar-refractivity contribution < 1.29 is 0 Å². The maximum absolute atomic E-state index is 4.36. The summed E-state index contributed by atoms with van der Waals surface area (Å²) in [6.07, 6.45) is 11.8. The van der Waals surface area contributed by atoms with E-state index in [1.807, 2.05) is 78.8 Å². The van der Waals surface area contributed by atoms with Gasteiger partial charge >= 0.3 is 0 Å². The smallest absolute Gasteiger partial charge is 0.0488 e. The molecule has 0 amide bonds. The van der Waals surface area contributed by atoms with Gasteiger partial charge in [-0.25, -0.2) is 0 Å². The summed E-state index contributed by atoms with van der Waals surface area (Å²) in [6, 6.07) is 6.38. The predicted octanol–water partition coefficient (Wildman–Crippen LogP) is 9.91. The van der Waals surface area contributed by atoms with Crippen LogP contribution in [0.2, 0.25) is 0 Å². The van der Waals surface area contributed by atoms with Crippen LogP contribution in [-0.2, 0) is 0 Å². The molecule has 0 spiro atoms. The average molecular weight is 446 g/mol. The minimum absolute atomic E-state index is 0.917. The fourth-order valence-electron chi connectivity index (χ4n) is 3.46. The lowest BCUT2D eigenvalue weighted by Crippen LogP contribution is -2.17. The highest BCUT2D eigenvalue weighted by Crippen LogP contribution is 2.41. The van der Waals surface area contributed by atoms with Crippen molar-refractivity contribution in [3.05, 3.63) is 126 Å². The zero-order valence-electron chi connectivity index (χ0n) is 23.0. The van der Waals surface area contributed by atoms with Gasteiger partial charge < -0.3 is 4.90 Å². The molecule has 0 saturated carbocycles. The van der Waals surface area contributed by atoms with Crippen LogP contribution in [0.1, 0.15) is 65.2 Å². The van der Waals surface area contributed by atoms with E-state index < -0.39 is 0 Å². The third-order valence-electron chi connectivity index (χ3n) is 5.09. The summed E-state index contributed by atoms with van der Waals surface area (Å²) in [5.74, 6) is 0. The molecule has 0 aliphatic carbocycles. The summed E-state index contributed by atoms with van der Waals surface area (Å²) in [4.78, 5) is 2.15. The Morgan fingerprint density at radius 1 is 0.818 bits per heavy atom. The number of benzene rings is 1. The van der Waals surface area contributed by atoms with Gasteiger partial charge in [-0.15, -0.1) is 0 Å². The van der Waals surface area contributed by atoms with E-state index in [2.05, 4.69) is 76.4 Å². The normalized spacial score (nSPS) is 14.4. The molecule has 1 heterocycles. The van der Waals surface area contributed by atoms with Crippen molar-refractivity contribution in [3.8, 4) is 0 Å². The van der Waals surface area contributed by atoms with Gasteiger partial charge in [0, 0.05) is 24.0 Å². The lowest BCUT2D eigenvalue weighted by molar-refractivity contribution is 0.552. The standard InChI is InChI=1S/C26H29N.3C2H6/c1-9-13-17-25-20(7)21(10-2)22(11-3)26(24(12-4)27(25)8)23-16-14-15-18(5)19(23)6;3*1-2/h9-17H,2-4,7H2,1,5-6,8H3;3*1-2H3/b13-9-,25-17+;;;. The van der Waals surface area contributed by atoms with Crippen molar-refractivity contribution in [1.29, 1.82) is 0 Å². The molecule has 0 bridgehead atoms. The van der Waals surface area contributed by atoms with Crippen molar-refractivity contribution in [2.75, 3.05) is 7.05 Å². The first-order valence-electron chi connectivity index (χ1n) is 12.1. The van der Waals surface area contributed by atoms with E-state index >= 15 is 0 Å². The first kappa shape index (κ1) is 32.1. The van der Waals surface area contributed by atoms with Gasteiger partial charge in [0.15, 0.2) is 0 Å². The summed E-state index contributed by atoms with van der Waals surface area (Å²) in [5, 5.41) is 0. The van der Waals surface area contributed by atoms with Crippen molar-refractivity contribution in [1.82, 2.24) is 4.90 Å². The molecule has 0 aromatic heterocycles. The lowest BCUT2D eigenvalue weighted by atomic mass is 9.87. The van der Waals surface area contributed by atoms with Gasteiger partial charge in [0.05, 0.1) is 0 Å². The molecular weight excluding hydrogens is 398 g/mol. The minimum Gasteiger partial charge on any atom is -0.344 e. The van der Waals surface area contributed by atoms with Gasteiger partial charge in [0.2, 0.25) is 0 Å². The Balaban J connectivity index is 0. The monoisotopic (exact) mass is 445 g/mol. The number of nitrogens with zero attached hydrogens (tertiary/aromatic N) is 1. The highest BCUT2D eigenvalue weighted by atomic mass is 15.1. The molecule has 2 rings (SSSR count). The van der Waals surface area contributed by atoms with Crippen LogP contribution in [0.15, 0.2) is 109 Å². The number of aryl methyl sites for hydroxylation is 1. The largest absolute Gasteiger partial charge is 0.344 e. The van der Waals surface area contributed by atoms with Crippen LogP contribution < -0.4 is 0 Å². The summed E-state index contributed by atoms with van der Waals surface area (Å²) in [6.45, 7) is 34.9. The Hall–Kier alpha value is -3.06. The van der Waals surface area contributed by atoms with Crippen molar-refractivity contribution >= 4 is 5.57 Å². The second-order valence-corrected chi connectivity index (χ2v) is 6.56. The highest BCUT2D eigenvalue weighted by molar-refractivity contribution is 5.90. The zero-order chi connectivity index (χ0) is 26.1. The molecule has 1 aromatic rings. The molecule has 1 aliphatic rings. The SMILES string of the molecule is C=CC1=C(C=C)C(c2cccc(C)c2C)=C(C=C)N(C)/C(=C/C=C\C)C1=C.CC.CC.CC. The quantitative estimate of drug-likeness (QED) is 0.436. The van der Waals surface area contributed by atoms with Gasteiger partial charge in [-0.05, 0) is 66.3 Å². The lowest BCUT2D eigenvalue weighted by Gasteiger charge is -2.25. The maximum Gasteiger partial charge on any atom is 0.0488 e. The second-order valence-electron chi connectivity index (χ2n) is 6.56. The van der Waals surface area contributed by atoms with Crippen molar-refractivity contribution in [2.24, 2.45) is 0 Å². The van der Waals surface area contributed by atoms with E-state index in [1.165, 1.54) is 16.7 Å². The number of likely N-dealkylation sites (N-methyl/N-ethyl adjacent to an activating group) is 1. The van der Waals surface area contributed by atoms with E-state index in [1.54, 1.807) is 0 Å². The van der Waals surface area contributed by atoms with Crippen LogP contribution in [0, 0.1) is 13.8 Å². The fraction of sp³-hybridized carbons (Fsp3) is 0.312. The van der Waals surface area contributed by atoms with Crippen LogP contribution in [-0.4, -0.2) is 11.9 Å². The molecule has 1 aliphatic heterocycles. The number of hydrogen-bond acceptors (Lipinski definition) is 1. The molecule has 1 aromatic carbocycles. The molecule has 180 valence electrons. The van der Waals surface area contributed by atoms with Crippen LogP contribution in [0.5, 0.6) is 0 Å². The zero-order valence-corrected chi connectivity index (χ0v) is 23.0. The molecule has 0 saturated heterocycles. The predicted molar refractivity (Wildman–Crippen MR) is 154 cm³/mol. The van der Waals surface area contributed by atoms with Gasteiger partial charge in [-0.3, -0.25) is 0 Å². The summed E-state index contributed by atoms with van der Waals surface area (Å²) < 4.78 is 0. The molecule has 0 unspecified atom stereocenters. The third kappa shape index (κ3) is 7.49. The van der Waals surface area contributed by atoms with E-state index in [4.69, 9.17) is 0 Å². The second kappa shape index (κ2) is 17.5. The highest BCUT2D eigenvalue weighted by Gasteiger charge is 2.26. The van der Waals surface area contributed by atoms with Crippen LogP contribution in [0.4, 0.5) is 0 Å². The van der Waals surface area contributed by atoms with Gasteiger partial charge in [0.25, 0.3) is 0 Å². The number of allylic oxidation sites excluding steroid dienone is 9. The van der Waals surface area contributed by atoms with E-state index in [0.29, 0.717) is 0 Å². The maximum atomic E-state index is 4.36. The van der Waals surface area contributed by atoms with E-state index in [9.17, 15) is 0 Å². The Morgan fingerprint density at radius 2 is 1.36 bits per heavy atom. The summed E-state index contributed by atoms with van der Waals surface area (Å²) in [5.41, 5.74) is 9.73. The molecule has 0 atom stereocenters. The van der Waals surface area contributed by atoms with E-state index in [-0.39, 0.29) is 0 Å². The first-order valence-corrected chi connectivity index (χ1v) is 12.1. The number of rotatable bonds is 5. The van der Waals surface area contributed by atoms with Gasteiger partial charge in [0.1, 0.15) is 0 Å². The molecule has 0 N–H and O–H groups in total. The van der Waals surface area contributed by atoms with Crippen LogP contribution in [0.3, 0.4) is 0 Å². The fourth-order valence-corrected chi connectivity index (χ4v) is 3.46. The number of hydrogen-bond donors (Lipinski definition) is 0. The van der Waals surface area contributed by atoms with Crippen molar-refractivity contribution in [3.63, 3.8) is 0 Å². The Labute approximate surface area is 205 Å². The van der Waals surface area contributed by atoms with E-state index in [0.717, 1.165) is 33.7 Å². The third-order valence-corrected chi connectivity index (χ3v) is 5.09. The average Bonchev–Trinajstić information content (AvgIpc) is 2.94. The molecular formula is C32H47N. The topological polar surface area (TPSA) is 3.24 Å². The Kier molecular flexibility index (Phi) is 17.0. The Morgan fingerprint density at radius 3 is 1.82 bits per heavy atom. The summed E-state index contributed by atoms with van der Waals surface area (Å²) >= 11 is 0. The molecule has 1 heteroatoms. The van der Waals surface area contributed by atoms with Crippen molar-refractivity contribution in [2.45, 2.75) is 62.3 Å². The molecule has 0 radical (unpaired) electrons. The summed E-state index contributed by atoms with van der Waals surface area (Å²) in [7, 11) is 2.05. The molecule has 1 nitrogen and oxygen atoms in total. The first-order chi connectivity index (χ1) is 15.9. The Bertz CT molecular complexity index is 929. The van der Waals surface area contributed by atoms with Crippen LogP contribution in [0.25, 0.3) is 5.57 Å².